The molecule has 4 aromatic rings. The first-order valence-corrected chi connectivity index (χ1v) is 9.59. The van der Waals surface area contributed by atoms with Crippen LogP contribution in [0.4, 0.5) is 5.69 Å². The molecule has 1 aliphatic heterocycles. The van der Waals surface area contributed by atoms with Gasteiger partial charge in [-0.3, -0.25) is 9.78 Å². The minimum Gasteiger partial charge on any atom is -0.325 e. The van der Waals surface area contributed by atoms with E-state index in [1.54, 1.807) is 11.8 Å². The molecule has 0 fully saturated rings. The van der Waals surface area contributed by atoms with Crippen LogP contribution in [0.5, 0.6) is 0 Å². The number of thioether (sulfide) groups is 1. The number of hydrogen-bond acceptors (Lipinski definition) is 5. The SMILES string of the molecule is O=C(Nc1ccccc1-c1cn2c(n1)SCC2)c1cnc2ccccc2n1. The monoisotopic (exact) mass is 373 g/mol. The van der Waals surface area contributed by atoms with Gasteiger partial charge in [0.1, 0.15) is 5.69 Å². The highest BCUT2D eigenvalue weighted by atomic mass is 32.2. The van der Waals surface area contributed by atoms with Crippen molar-refractivity contribution in [3.8, 4) is 11.3 Å². The fraction of sp³-hybridized carbons (Fsp3) is 0.100. The molecule has 7 heteroatoms. The predicted octanol–water partition coefficient (Wildman–Crippen LogP) is 3.85. The number of nitrogens with one attached hydrogen (secondary N) is 1. The number of benzene rings is 2. The Hall–Kier alpha value is -3.19. The van der Waals surface area contributed by atoms with Crippen molar-refractivity contribution in [3.63, 3.8) is 0 Å². The van der Waals surface area contributed by atoms with Gasteiger partial charge in [0.05, 0.1) is 28.6 Å². The van der Waals surface area contributed by atoms with Crippen molar-refractivity contribution in [1.29, 1.82) is 0 Å². The first-order chi connectivity index (χ1) is 13.3. The highest BCUT2D eigenvalue weighted by Crippen LogP contribution is 2.32. The number of aromatic nitrogens is 4. The molecular formula is C20H15N5OS. The third kappa shape index (κ3) is 2.96. The summed E-state index contributed by atoms with van der Waals surface area (Å²) in [5, 5.41) is 3.98. The summed E-state index contributed by atoms with van der Waals surface area (Å²) < 4.78 is 2.15. The van der Waals surface area contributed by atoms with Gasteiger partial charge in [0, 0.05) is 24.1 Å². The molecule has 2 aromatic carbocycles. The number of hydrogen-bond donors (Lipinski definition) is 1. The van der Waals surface area contributed by atoms with Crippen molar-refractivity contribution < 1.29 is 4.79 Å². The van der Waals surface area contributed by atoms with Crippen LogP contribution in [-0.2, 0) is 6.54 Å². The van der Waals surface area contributed by atoms with Gasteiger partial charge in [-0.15, -0.1) is 0 Å². The second-order valence-electron chi connectivity index (χ2n) is 6.19. The number of anilines is 1. The lowest BCUT2D eigenvalue weighted by molar-refractivity contribution is 0.102. The zero-order valence-electron chi connectivity index (χ0n) is 14.3. The minimum absolute atomic E-state index is 0.284. The summed E-state index contributed by atoms with van der Waals surface area (Å²) in [6.07, 6.45) is 3.54. The first-order valence-electron chi connectivity index (χ1n) is 8.60. The standard InChI is InChI=1S/C20H15N5OS/c26-19(17-11-21-15-7-3-4-8-16(15)22-17)23-14-6-2-1-5-13(14)18-12-25-9-10-27-20(25)24-18/h1-8,11-12H,9-10H2,(H,23,26). The summed E-state index contributed by atoms with van der Waals surface area (Å²) in [6, 6.07) is 15.2. The molecule has 6 nitrogen and oxygen atoms in total. The molecule has 2 aromatic heterocycles. The van der Waals surface area contributed by atoms with E-state index in [9.17, 15) is 4.79 Å². The van der Waals surface area contributed by atoms with Gasteiger partial charge in [-0.05, 0) is 18.2 Å². The molecule has 0 saturated carbocycles. The second kappa shape index (κ2) is 6.51. The van der Waals surface area contributed by atoms with Gasteiger partial charge in [-0.25, -0.2) is 9.97 Å². The molecule has 1 N–H and O–H groups in total. The molecule has 0 bridgehead atoms. The lowest BCUT2D eigenvalue weighted by Crippen LogP contribution is -2.14. The van der Waals surface area contributed by atoms with Crippen molar-refractivity contribution in [2.45, 2.75) is 11.7 Å². The van der Waals surface area contributed by atoms with Crippen LogP contribution in [0.1, 0.15) is 10.5 Å². The van der Waals surface area contributed by atoms with Gasteiger partial charge >= 0.3 is 0 Å². The number of aryl methyl sites for hydroxylation is 1. The molecule has 27 heavy (non-hydrogen) atoms. The Morgan fingerprint density at radius 2 is 1.85 bits per heavy atom. The average molecular weight is 373 g/mol. The third-order valence-electron chi connectivity index (χ3n) is 4.44. The lowest BCUT2D eigenvalue weighted by Gasteiger charge is -2.09. The highest BCUT2D eigenvalue weighted by molar-refractivity contribution is 7.99. The molecule has 0 saturated heterocycles. The number of carbonyl (C=O) groups excluding carboxylic acids is 1. The number of imidazole rings is 1. The number of para-hydroxylation sites is 3. The Bertz CT molecular complexity index is 1150. The molecule has 132 valence electrons. The van der Waals surface area contributed by atoms with E-state index >= 15 is 0 Å². The summed E-state index contributed by atoms with van der Waals surface area (Å²) in [5.74, 6) is 0.767. The molecule has 3 heterocycles. The van der Waals surface area contributed by atoms with Crippen LogP contribution in [0, 0.1) is 0 Å². The third-order valence-corrected chi connectivity index (χ3v) is 5.41. The second-order valence-corrected chi connectivity index (χ2v) is 7.26. The normalized spacial score (nSPS) is 12.9. The number of nitrogens with zero attached hydrogens (tertiary/aromatic N) is 4. The first kappa shape index (κ1) is 16.0. The van der Waals surface area contributed by atoms with E-state index in [-0.39, 0.29) is 11.6 Å². The number of rotatable bonds is 3. The van der Waals surface area contributed by atoms with Crippen molar-refractivity contribution in [2.75, 3.05) is 11.1 Å². The molecule has 1 aliphatic rings. The summed E-state index contributed by atoms with van der Waals surface area (Å²) in [6.45, 7) is 0.966. The minimum atomic E-state index is -0.290. The Morgan fingerprint density at radius 1 is 1.04 bits per heavy atom. The summed E-state index contributed by atoms with van der Waals surface area (Å²) in [5.41, 5.74) is 4.20. The van der Waals surface area contributed by atoms with E-state index in [0.29, 0.717) is 11.2 Å². The summed E-state index contributed by atoms with van der Waals surface area (Å²) >= 11 is 1.75. The Kier molecular flexibility index (Phi) is 3.86. The number of amides is 1. The molecule has 0 atom stereocenters. The van der Waals surface area contributed by atoms with Gasteiger partial charge in [-0.1, -0.05) is 42.1 Å². The Labute approximate surface area is 159 Å². The lowest BCUT2D eigenvalue weighted by atomic mass is 10.1. The average Bonchev–Trinajstić information content (AvgIpc) is 3.30. The molecule has 0 spiro atoms. The van der Waals surface area contributed by atoms with E-state index in [1.165, 1.54) is 6.20 Å². The van der Waals surface area contributed by atoms with E-state index in [0.717, 1.165) is 34.2 Å². The largest absolute Gasteiger partial charge is 0.325 e. The topological polar surface area (TPSA) is 72.7 Å². The zero-order chi connectivity index (χ0) is 18.2. The molecular weight excluding hydrogens is 358 g/mol. The van der Waals surface area contributed by atoms with E-state index in [4.69, 9.17) is 0 Å². The van der Waals surface area contributed by atoms with Gasteiger partial charge < -0.3 is 9.88 Å². The molecule has 0 radical (unpaired) electrons. The van der Waals surface area contributed by atoms with E-state index in [2.05, 4.69) is 24.8 Å². The van der Waals surface area contributed by atoms with Crippen molar-refractivity contribution >= 4 is 34.4 Å². The Balaban J connectivity index is 1.47. The highest BCUT2D eigenvalue weighted by Gasteiger charge is 2.18. The van der Waals surface area contributed by atoms with Crippen molar-refractivity contribution in [2.24, 2.45) is 0 Å². The maximum atomic E-state index is 12.7. The van der Waals surface area contributed by atoms with Crippen LogP contribution in [0.2, 0.25) is 0 Å². The van der Waals surface area contributed by atoms with Crippen LogP contribution >= 0.6 is 11.8 Å². The Morgan fingerprint density at radius 3 is 2.74 bits per heavy atom. The fourth-order valence-corrected chi connectivity index (χ4v) is 4.05. The maximum Gasteiger partial charge on any atom is 0.275 e. The van der Waals surface area contributed by atoms with Crippen LogP contribution in [0.3, 0.4) is 0 Å². The summed E-state index contributed by atoms with van der Waals surface area (Å²) in [7, 11) is 0. The molecule has 1 amide bonds. The van der Waals surface area contributed by atoms with Gasteiger partial charge in [0.15, 0.2) is 5.16 Å². The summed E-state index contributed by atoms with van der Waals surface area (Å²) in [4.78, 5) is 26.2. The maximum absolute atomic E-state index is 12.7. The van der Waals surface area contributed by atoms with Crippen LogP contribution < -0.4 is 5.32 Å². The van der Waals surface area contributed by atoms with Gasteiger partial charge in [-0.2, -0.15) is 0 Å². The smallest absolute Gasteiger partial charge is 0.275 e. The van der Waals surface area contributed by atoms with Gasteiger partial charge in [0.2, 0.25) is 0 Å². The predicted molar refractivity (Wildman–Crippen MR) is 106 cm³/mol. The number of carbonyl (C=O) groups is 1. The quantitative estimate of drug-likeness (QED) is 0.590. The van der Waals surface area contributed by atoms with E-state index in [1.807, 2.05) is 54.7 Å². The fourth-order valence-electron chi connectivity index (χ4n) is 3.11. The molecule has 0 aliphatic carbocycles. The molecule has 0 unspecified atom stereocenters. The van der Waals surface area contributed by atoms with Crippen LogP contribution in [0.15, 0.2) is 66.1 Å². The zero-order valence-corrected chi connectivity index (χ0v) is 15.1. The van der Waals surface area contributed by atoms with Crippen LogP contribution in [-0.4, -0.2) is 31.2 Å². The molecule has 5 rings (SSSR count). The van der Waals surface area contributed by atoms with Crippen molar-refractivity contribution in [1.82, 2.24) is 19.5 Å². The van der Waals surface area contributed by atoms with E-state index < -0.39 is 0 Å². The van der Waals surface area contributed by atoms with Crippen LogP contribution in [0.25, 0.3) is 22.3 Å². The van der Waals surface area contributed by atoms with Gasteiger partial charge in [0.25, 0.3) is 5.91 Å². The van der Waals surface area contributed by atoms with Crippen molar-refractivity contribution in [3.05, 3.63) is 66.6 Å². The number of fused-ring (bicyclic) bond motifs is 2.